The maximum absolute atomic E-state index is 14.4. The number of benzene rings is 1. The number of fused-ring (bicyclic) bond motifs is 1. The molecule has 4 heterocycles. The Bertz CT molecular complexity index is 1400. The van der Waals surface area contributed by atoms with Crippen molar-refractivity contribution in [2.75, 3.05) is 11.4 Å². The van der Waals surface area contributed by atoms with Gasteiger partial charge in [0, 0.05) is 25.8 Å². The number of anilines is 1. The lowest BCUT2D eigenvalue weighted by molar-refractivity contribution is -0.122. The maximum Gasteiger partial charge on any atom is 0.281 e. The van der Waals surface area contributed by atoms with Crippen LogP contribution in [0.4, 0.5) is 9.52 Å². The van der Waals surface area contributed by atoms with Gasteiger partial charge in [0.1, 0.15) is 11.9 Å². The van der Waals surface area contributed by atoms with E-state index in [1.807, 2.05) is 35.2 Å². The summed E-state index contributed by atoms with van der Waals surface area (Å²) in [4.78, 5) is 41.5. The van der Waals surface area contributed by atoms with Gasteiger partial charge in [-0.2, -0.15) is 0 Å². The minimum atomic E-state index is -0.546. The molecule has 3 aromatic heterocycles. The van der Waals surface area contributed by atoms with E-state index in [0.29, 0.717) is 36.0 Å². The van der Waals surface area contributed by atoms with Gasteiger partial charge in [-0.05, 0) is 31.4 Å². The van der Waals surface area contributed by atoms with Crippen LogP contribution in [0.25, 0.3) is 21.7 Å². The number of thiazole rings is 1. The summed E-state index contributed by atoms with van der Waals surface area (Å²) in [7, 11) is 0. The smallest absolute Gasteiger partial charge is 0.281 e. The number of pyridine rings is 1. The van der Waals surface area contributed by atoms with E-state index in [1.54, 1.807) is 6.92 Å². The molecule has 1 aliphatic rings. The molecular formula is C24H23FN6O2S. The van der Waals surface area contributed by atoms with Crippen LogP contribution in [0.15, 0.2) is 53.6 Å². The van der Waals surface area contributed by atoms with Crippen LogP contribution in [0.1, 0.15) is 25.3 Å². The number of nitrogens with zero attached hydrogens (tertiary/aromatic N) is 5. The number of halogens is 1. The summed E-state index contributed by atoms with van der Waals surface area (Å²) in [6.45, 7) is 3.24. The second kappa shape index (κ2) is 9.30. The summed E-state index contributed by atoms with van der Waals surface area (Å²) in [6, 6.07) is 10.9. The molecule has 1 N–H and O–H groups in total. The highest BCUT2D eigenvalue weighted by Crippen LogP contribution is 2.33. The van der Waals surface area contributed by atoms with Crippen molar-refractivity contribution in [2.45, 2.75) is 38.9 Å². The molecule has 1 amide bonds. The molecule has 1 saturated heterocycles. The van der Waals surface area contributed by atoms with E-state index in [4.69, 9.17) is 0 Å². The molecule has 0 aliphatic carbocycles. The molecule has 174 valence electrons. The summed E-state index contributed by atoms with van der Waals surface area (Å²) >= 11 is 1.25. The van der Waals surface area contributed by atoms with Crippen LogP contribution in [0, 0.1) is 5.82 Å². The van der Waals surface area contributed by atoms with Crippen molar-refractivity contribution in [1.82, 2.24) is 24.8 Å². The summed E-state index contributed by atoms with van der Waals surface area (Å²) < 4.78 is 15.8. The standard InChI is InChI=1S/C24H23FN6O2S/c1-2-30-20(16-10-11-26-14-17(16)25)29-22-19(23(30)33)28-24(34-22)31-12-6-9-18(31)21(32)27-13-15-7-4-3-5-8-15/h3-5,7-8,10-11,14,18H,2,6,9,12-13H2,1H3,(H,27,32). The minimum Gasteiger partial charge on any atom is -0.350 e. The van der Waals surface area contributed by atoms with Gasteiger partial charge >= 0.3 is 0 Å². The summed E-state index contributed by atoms with van der Waals surface area (Å²) in [5.41, 5.74) is 1.15. The van der Waals surface area contributed by atoms with E-state index in [0.717, 1.165) is 18.2 Å². The molecule has 4 aromatic rings. The normalized spacial score (nSPS) is 15.7. The van der Waals surface area contributed by atoms with E-state index in [-0.39, 0.29) is 34.4 Å². The van der Waals surface area contributed by atoms with E-state index >= 15 is 0 Å². The molecule has 0 spiro atoms. The molecule has 1 aliphatic heterocycles. The van der Waals surface area contributed by atoms with Crippen LogP contribution in [0.2, 0.25) is 0 Å². The molecule has 1 aromatic carbocycles. The molecule has 5 rings (SSSR count). The summed E-state index contributed by atoms with van der Waals surface area (Å²) in [5.74, 6) is -0.372. The number of amides is 1. The van der Waals surface area contributed by atoms with E-state index < -0.39 is 5.82 Å². The van der Waals surface area contributed by atoms with Crippen LogP contribution >= 0.6 is 11.3 Å². The van der Waals surface area contributed by atoms with Gasteiger partial charge in [-0.25, -0.2) is 14.4 Å². The molecule has 10 heteroatoms. The Hall–Kier alpha value is -3.66. The molecule has 34 heavy (non-hydrogen) atoms. The number of aromatic nitrogens is 4. The van der Waals surface area contributed by atoms with Gasteiger partial charge in [0.15, 0.2) is 21.3 Å². The Kier molecular flexibility index (Phi) is 6.06. The first-order valence-electron chi connectivity index (χ1n) is 11.2. The molecule has 1 fully saturated rings. The number of nitrogens with one attached hydrogen (secondary N) is 1. The van der Waals surface area contributed by atoms with Gasteiger partial charge in [0.2, 0.25) is 5.91 Å². The largest absolute Gasteiger partial charge is 0.350 e. The molecule has 1 unspecified atom stereocenters. The van der Waals surface area contributed by atoms with Crippen molar-refractivity contribution >= 4 is 32.7 Å². The Morgan fingerprint density at radius 2 is 2.06 bits per heavy atom. The number of hydrogen-bond donors (Lipinski definition) is 1. The van der Waals surface area contributed by atoms with Crippen molar-refractivity contribution in [2.24, 2.45) is 0 Å². The SMILES string of the molecule is CCn1c(-c2ccncc2F)nc2sc(N3CCCC3C(=O)NCc3ccccc3)nc2c1=O. The van der Waals surface area contributed by atoms with Crippen LogP contribution in [0.3, 0.4) is 0 Å². The van der Waals surface area contributed by atoms with E-state index in [2.05, 4.69) is 20.3 Å². The van der Waals surface area contributed by atoms with Gasteiger partial charge in [0.05, 0.1) is 11.8 Å². The van der Waals surface area contributed by atoms with Crippen molar-refractivity contribution in [3.63, 3.8) is 0 Å². The first kappa shape index (κ1) is 22.1. The molecule has 1 atom stereocenters. The zero-order valence-corrected chi connectivity index (χ0v) is 19.4. The quantitative estimate of drug-likeness (QED) is 0.457. The highest BCUT2D eigenvalue weighted by Gasteiger charge is 2.33. The van der Waals surface area contributed by atoms with Crippen LogP contribution in [-0.2, 0) is 17.9 Å². The molecule has 0 bridgehead atoms. The van der Waals surface area contributed by atoms with Crippen molar-refractivity contribution < 1.29 is 9.18 Å². The Morgan fingerprint density at radius 3 is 2.82 bits per heavy atom. The molecule has 0 radical (unpaired) electrons. The minimum absolute atomic E-state index is 0.0703. The van der Waals surface area contributed by atoms with Crippen molar-refractivity contribution in [3.05, 3.63) is 70.5 Å². The van der Waals surface area contributed by atoms with Gasteiger partial charge in [-0.15, -0.1) is 0 Å². The van der Waals surface area contributed by atoms with Gasteiger partial charge in [-0.1, -0.05) is 41.7 Å². The first-order chi connectivity index (χ1) is 16.6. The zero-order valence-electron chi connectivity index (χ0n) is 18.6. The highest BCUT2D eigenvalue weighted by atomic mass is 32.1. The predicted molar refractivity (Wildman–Crippen MR) is 129 cm³/mol. The lowest BCUT2D eigenvalue weighted by Gasteiger charge is -2.23. The third-order valence-corrected chi connectivity index (χ3v) is 6.94. The number of carbonyl (C=O) groups excluding carboxylic acids is 1. The van der Waals surface area contributed by atoms with Crippen LogP contribution in [-0.4, -0.2) is 38.0 Å². The van der Waals surface area contributed by atoms with Gasteiger partial charge in [0.25, 0.3) is 5.56 Å². The Balaban J connectivity index is 1.47. The zero-order chi connectivity index (χ0) is 23.7. The van der Waals surface area contributed by atoms with Gasteiger partial charge in [-0.3, -0.25) is 19.1 Å². The lowest BCUT2D eigenvalue weighted by Crippen LogP contribution is -2.43. The molecular weight excluding hydrogens is 455 g/mol. The molecule has 0 saturated carbocycles. The average Bonchev–Trinajstić information content (AvgIpc) is 3.51. The lowest BCUT2D eigenvalue weighted by atomic mass is 10.2. The van der Waals surface area contributed by atoms with E-state index in [9.17, 15) is 14.0 Å². The van der Waals surface area contributed by atoms with Crippen LogP contribution in [0.5, 0.6) is 0 Å². The number of carbonyl (C=O) groups is 1. The summed E-state index contributed by atoms with van der Waals surface area (Å²) in [6.07, 6.45) is 4.12. The van der Waals surface area contributed by atoms with E-state index in [1.165, 1.54) is 28.2 Å². The average molecular weight is 479 g/mol. The monoisotopic (exact) mass is 478 g/mol. The van der Waals surface area contributed by atoms with Gasteiger partial charge < -0.3 is 10.2 Å². The topological polar surface area (TPSA) is 93.0 Å². The fourth-order valence-corrected chi connectivity index (χ4v) is 5.25. The fourth-order valence-electron chi connectivity index (χ4n) is 4.25. The first-order valence-corrected chi connectivity index (χ1v) is 12.0. The van der Waals surface area contributed by atoms with Crippen molar-refractivity contribution in [3.8, 4) is 11.4 Å². The second-order valence-electron chi connectivity index (χ2n) is 8.05. The highest BCUT2D eigenvalue weighted by molar-refractivity contribution is 7.21. The number of rotatable bonds is 6. The van der Waals surface area contributed by atoms with Crippen LogP contribution < -0.4 is 15.8 Å². The van der Waals surface area contributed by atoms with Crippen molar-refractivity contribution in [1.29, 1.82) is 0 Å². The number of hydrogen-bond acceptors (Lipinski definition) is 7. The third kappa shape index (κ3) is 4.05. The second-order valence-corrected chi connectivity index (χ2v) is 9.00. The maximum atomic E-state index is 14.4. The fraction of sp³-hybridized carbons (Fsp3) is 0.292. The third-order valence-electron chi connectivity index (χ3n) is 5.95. The molecule has 8 nitrogen and oxygen atoms in total. The summed E-state index contributed by atoms with van der Waals surface area (Å²) in [5, 5.41) is 3.58. The Labute approximate surface area is 199 Å². The predicted octanol–water partition coefficient (Wildman–Crippen LogP) is 3.36. The Morgan fingerprint density at radius 1 is 1.24 bits per heavy atom.